The summed E-state index contributed by atoms with van der Waals surface area (Å²) < 4.78 is 25.3. The molecule has 90 valence electrons. The molecule has 0 aliphatic heterocycles. The van der Waals surface area contributed by atoms with Crippen LogP contribution in [0.15, 0.2) is 29.2 Å². The second-order valence-electron chi connectivity index (χ2n) is 3.31. The van der Waals surface area contributed by atoms with Crippen LogP contribution >= 0.6 is 11.8 Å². The number of rotatable bonds is 5. The number of phenols is 1. The fraction of sp³-hybridized carbons (Fsp3) is 0.400. The van der Waals surface area contributed by atoms with Gasteiger partial charge in [0, 0.05) is 19.3 Å². The SMILES string of the molecule is CSCCN(C)S(=O)(=O)c1ccc(O)cc1. The summed E-state index contributed by atoms with van der Waals surface area (Å²) >= 11 is 1.60. The lowest BCUT2D eigenvalue weighted by molar-refractivity contribution is 0.473. The van der Waals surface area contributed by atoms with E-state index in [1.54, 1.807) is 18.8 Å². The number of hydrogen-bond acceptors (Lipinski definition) is 4. The van der Waals surface area contributed by atoms with Crippen LogP contribution in [0, 0.1) is 0 Å². The third-order valence-electron chi connectivity index (χ3n) is 2.16. The molecule has 0 unspecified atom stereocenters. The maximum absolute atomic E-state index is 12.0. The molecule has 6 heteroatoms. The van der Waals surface area contributed by atoms with Gasteiger partial charge in [0.15, 0.2) is 0 Å². The molecule has 4 nitrogen and oxygen atoms in total. The van der Waals surface area contributed by atoms with E-state index in [0.717, 1.165) is 5.75 Å². The van der Waals surface area contributed by atoms with Crippen LogP contribution in [-0.2, 0) is 10.0 Å². The highest BCUT2D eigenvalue weighted by atomic mass is 32.2. The van der Waals surface area contributed by atoms with E-state index in [0.29, 0.717) is 6.54 Å². The number of nitrogens with zero attached hydrogens (tertiary/aromatic N) is 1. The second-order valence-corrected chi connectivity index (χ2v) is 6.34. The monoisotopic (exact) mass is 261 g/mol. The molecule has 16 heavy (non-hydrogen) atoms. The van der Waals surface area contributed by atoms with Crippen molar-refractivity contribution in [2.24, 2.45) is 0 Å². The van der Waals surface area contributed by atoms with Crippen molar-refractivity contribution in [3.05, 3.63) is 24.3 Å². The summed E-state index contributed by atoms with van der Waals surface area (Å²) in [5.41, 5.74) is 0. The number of hydrogen-bond donors (Lipinski definition) is 1. The Kier molecular flexibility index (Phi) is 4.64. The minimum Gasteiger partial charge on any atom is -0.508 e. The van der Waals surface area contributed by atoms with Gasteiger partial charge in [0.05, 0.1) is 4.90 Å². The van der Waals surface area contributed by atoms with Crippen LogP contribution in [0.5, 0.6) is 5.75 Å². The molecule has 0 aliphatic rings. The first-order chi connectivity index (χ1) is 7.48. The minimum absolute atomic E-state index is 0.0608. The number of benzene rings is 1. The topological polar surface area (TPSA) is 57.6 Å². The summed E-state index contributed by atoms with van der Waals surface area (Å²) in [5, 5.41) is 9.09. The van der Waals surface area contributed by atoms with Gasteiger partial charge in [-0.05, 0) is 30.5 Å². The predicted molar refractivity (Wildman–Crippen MR) is 66.3 cm³/mol. The Morgan fingerprint density at radius 1 is 1.31 bits per heavy atom. The van der Waals surface area contributed by atoms with Gasteiger partial charge in [0.2, 0.25) is 10.0 Å². The number of thioether (sulfide) groups is 1. The van der Waals surface area contributed by atoms with E-state index < -0.39 is 10.0 Å². The summed E-state index contributed by atoms with van der Waals surface area (Å²) in [4.78, 5) is 0.203. The minimum atomic E-state index is -3.42. The molecule has 0 aromatic heterocycles. The molecule has 0 bridgehead atoms. The zero-order valence-electron chi connectivity index (χ0n) is 9.25. The van der Waals surface area contributed by atoms with Gasteiger partial charge in [-0.3, -0.25) is 0 Å². The first-order valence-electron chi connectivity index (χ1n) is 4.73. The van der Waals surface area contributed by atoms with Gasteiger partial charge in [-0.2, -0.15) is 11.8 Å². The average Bonchev–Trinajstić information content (AvgIpc) is 2.26. The number of phenolic OH excluding ortho intramolecular Hbond substituents is 1. The third kappa shape index (κ3) is 3.13. The lowest BCUT2D eigenvalue weighted by atomic mass is 10.3. The molecular formula is C10H15NO3S2. The third-order valence-corrected chi connectivity index (χ3v) is 4.62. The Labute approximate surface area is 100 Å². The first-order valence-corrected chi connectivity index (χ1v) is 7.56. The highest BCUT2D eigenvalue weighted by Gasteiger charge is 2.19. The second kappa shape index (κ2) is 5.56. The van der Waals surface area contributed by atoms with Crippen molar-refractivity contribution in [1.82, 2.24) is 4.31 Å². The first kappa shape index (κ1) is 13.3. The molecule has 1 rings (SSSR count). The van der Waals surface area contributed by atoms with Gasteiger partial charge in [0.25, 0.3) is 0 Å². The van der Waals surface area contributed by atoms with Gasteiger partial charge < -0.3 is 5.11 Å². The molecule has 0 saturated carbocycles. The molecule has 0 atom stereocenters. The van der Waals surface area contributed by atoms with Gasteiger partial charge in [-0.25, -0.2) is 12.7 Å². The van der Waals surface area contributed by atoms with Crippen LogP contribution in [0.1, 0.15) is 0 Å². The van der Waals surface area contributed by atoms with Crippen LogP contribution in [0.25, 0.3) is 0 Å². The van der Waals surface area contributed by atoms with Crippen LogP contribution < -0.4 is 0 Å². The van der Waals surface area contributed by atoms with Crippen LogP contribution in [0.3, 0.4) is 0 Å². The van der Waals surface area contributed by atoms with E-state index in [9.17, 15) is 8.42 Å². The molecule has 0 radical (unpaired) electrons. The zero-order valence-corrected chi connectivity index (χ0v) is 10.9. The lowest BCUT2D eigenvalue weighted by Crippen LogP contribution is -2.29. The van der Waals surface area contributed by atoms with Crippen molar-refractivity contribution < 1.29 is 13.5 Å². The van der Waals surface area contributed by atoms with Crippen LogP contribution in [0.2, 0.25) is 0 Å². The fourth-order valence-corrected chi connectivity index (χ4v) is 2.88. The molecule has 1 N–H and O–H groups in total. The summed E-state index contributed by atoms with van der Waals surface area (Å²) in [6.45, 7) is 0.477. The van der Waals surface area contributed by atoms with Crippen molar-refractivity contribution in [1.29, 1.82) is 0 Å². The maximum Gasteiger partial charge on any atom is 0.242 e. The molecule has 1 aromatic carbocycles. The van der Waals surface area contributed by atoms with E-state index in [4.69, 9.17) is 5.11 Å². The Bertz CT molecular complexity index is 428. The molecule has 0 aliphatic carbocycles. The van der Waals surface area contributed by atoms with Crippen molar-refractivity contribution in [3.63, 3.8) is 0 Å². The number of aromatic hydroxyl groups is 1. The Morgan fingerprint density at radius 3 is 2.38 bits per heavy atom. The Hall–Kier alpha value is -0.720. The highest BCUT2D eigenvalue weighted by molar-refractivity contribution is 7.98. The fourth-order valence-electron chi connectivity index (χ4n) is 1.14. The zero-order chi connectivity index (χ0) is 12.2. The normalized spacial score (nSPS) is 11.9. The van der Waals surface area contributed by atoms with E-state index in [1.807, 2.05) is 6.26 Å². The molecule has 0 fully saturated rings. The van der Waals surface area contributed by atoms with E-state index in [-0.39, 0.29) is 10.6 Å². The summed E-state index contributed by atoms with van der Waals surface area (Å²) in [7, 11) is -1.87. The summed E-state index contributed by atoms with van der Waals surface area (Å²) in [5.74, 6) is 0.819. The van der Waals surface area contributed by atoms with E-state index in [2.05, 4.69) is 0 Å². The Morgan fingerprint density at radius 2 is 1.88 bits per heavy atom. The maximum atomic E-state index is 12.0. The predicted octanol–water partition coefficient (Wildman–Crippen LogP) is 1.38. The average molecular weight is 261 g/mol. The summed E-state index contributed by atoms with van der Waals surface area (Å²) in [6.07, 6.45) is 1.93. The molecular weight excluding hydrogens is 246 g/mol. The van der Waals surface area contributed by atoms with Gasteiger partial charge in [-0.15, -0.1) is 0 Å². The number of sulfonamides is 1. The van der Waals surface area contributed by atoms with E-state index >= 15 is 0 Å². The largest absolute Gasteiger partial charge is 0.508 e. The van der Waals surface area contributed by atoms with Crippen molar-refractivity contribution >= 4 is 21.8 Å². The van der Waals surface area contributed by atoms with Crippen molar-refractivity contribution in [2.45, 2.75) is 4.90 Å². The summed E-state index contributed by atoms with van der Waals surface area (Å²) in [6, 6.07) is 5.55. The van der Waals surface area contributed by atoms with Gasteiger partial charge in [-0.1, -0.05) is 0 Å². The molecule has 0 amide bonds. The van der Waals surface area contributed by atoms with Crippen LogP contribution in [0.4, 0.5) is 0 Å². The lowest BCUT2D eigenvalue weighted by Gasteiger charge is -2.16. The molecule has 0 saturated heterocycles. The van der Waals surface area contributed by atoms with E-state index in [1.165, 1.54) is 28.6 Å². The molecule has 0 spiro atoms. The molecule has 1 aromatic rings. The molecule has 0 heterocycles. The van der Waals surface area contributed by atoms with Crippen molar-refractivity contribution in [3.8, 4) is 5.75 Å². The quantitative estimate of drug-likeness (QED) is 0.870. The highest BCUT2D eigenvalue weighted by Crippen LogP contribution is 2.17. The smallest absolute Gasteiger partial charge is 0.242 e. The standard InChI is InChI=1S/C10H15NO3S2/c1-11(7-8-15-2)16(13,14)10-5-3-9(12)4-6-10/h3-6,12H,7-8H2,1-2H3. The van der Waals surface area contributed by atoms with Crippen molar-refractivity contribution in [2.75, 3.05) is 25.6 Å². The van der Waals surface area contributed by atoms with Crippen LogP contribution in [-0.4, -0.2) is 43.4 Å². The van der Waals surface area contributed by atoms with Gasteiger partial charge in [0.1, 0.15) is 5.75 Å². The van der Waals surface area contributed by atoms with Gasteiger partial charge >= 0.3 is 0 Å². The Balaban J connectivity index is 2.89.